The third kappa shape index (κ3) is 15.0. The van der Waals surface area contributed by atoms with Crippen LogP contribution >= 0.6 is 0 Å². The van der Waals surface area contributed by atoms with Gasteiger partial charge in [-0.1, -0.05) is 26.7 Å². The minimum absolute atomic E-state index is 0.288. The van der Waals surface area contributed by atoms with Gasteiger partial charge in [0.25, 0.3) is 0 Å². The predicted molar refractivity (Wildman–Crippen MR) is 55.8 cm³/mol. The van der Waals surface area contributed by atoms with Gasteiger partial charge in [-0.2, -0.15) is 4.79 Å². The molecule has 11 heteroatoms. The molecule has 11 nitrogen and oxygen atoms in total. The first-order valence-electron chi connectivity index (χ1n) is 5.94. The Kier molecular flexibility index (Phi) is 15.2. The van der Waals surface area contributed by atoms with Crippen LogP contribution in [0, 0.1) is 0 Å². The average molecular weight is 302 g/mol. The molecule has 0 fully saturated rings. The lowest BCUT2D eigenvalue weighted by Gasteiger charge is -2.01. The van der Waals surface area contributed by atoms with E-state index in [9.17, 15) is 4.79 Å². The van der Waals surface area contributed by atoms with E-state index in [2.05, 4.69) is 49.8 Å². The van der Waals surface area contributed by atoms with Gasteiger partial charge in [0.1, 0.15) is 0 Å². The molecule has 0 N–H and O–H groups in total. The van der Waals surface area contributed by atoms with Crippen LogP contribution in [0.5, 0.6) is 0 Å². The number of hydrogen-bond donors (Lipinski definition) is 0. The summed E-state index contributed by atoms with van der Waals surface area (Å²) in [5.41, 5.74) is 0. The van der Waals surface area contributed by atoms with Crippen molar-refractivity contribution in [3.63, 3.8) is 0 Å². The molecule has 0 aliphatic heterocycles. The smallest absolute Gasteiger partial charge is 0.224 e. The topological polar surface area (TPSA) is 109 Å². The zero-order valence-electron chi connectivity index (χ0n) is 11.2. The van der Waals surface area contributed by atoms with Crippen molar-refractivity contribution in [2.75, 3.05) is 13.2 Å². The lowest BCUT2D eigenvalue weighted by Crippen LogP contribution is -2.10. The molecule has 120 valence electrons. The van der Waals surface area contributed by atoms with Crippen LogP contribution in [0.3, 0.4) is 0 Å². The molecule has 0 radical (unpaired) electrons. The molecular formula is C9H18O11. The van der Waals surface area contributed by atoms with Crippen molar-refractivity contribution in [3.8, 4) is 0 Å². The fourth-order valence-corrected chi connectivity index (χ4v) is 0.634. The second-order valence-corrected chi connectivity index (χ2v) is 3.18. The normalized spacial score (nSPS) is 10.5. The molecule has 0 saturated carbocycles. The van der Waals surface area contributed by atoms with Gasteiger partial charge in [-0.05, 0) is 22.9 Å². The summed E-state index contributed by atoms with van der Waals surface area (Å²) in [5, 5.41) is 23.2. The number of hydrogen-bond acceptors (Lipinski definition) is 11. The lowest BCUT2D eigenvalue weighted by atomic mass is 10.4. The zero-order chi connectivity index (χ0) is 14.9. The van der Waals surface area contributed by atoms with Crippen LogP contribution < -0.4 is 0 Å². The van der Waals surface area contributed by atoms with Crippen molar-refractivity contribution in [1.29, 1.82) is 0 Å². The summed E-state index contributed by atoms with van der Waals surface area (Å²) in [6, 6.07) is 0. The van der Waals surface area contributed by atoms with E-state index in [0.29, 0.717) is 0 Å². The molecule has 0 aromatic rings. The molecule has 0 atom stereocenters. The van der Waals surface area contributed by atoms with Crippen LogP contribution in [0.25, 0.3) is 0 Å². The van der Waals surface area contributed by atoms with E-state index < -0.39 is 6.16 Å². The zero-order valence-corrected chi connectivity index (χ0v) is 11.2. The first-order valence-corrected chi connectivity index (χ1v) is 5.94. The fourth-order valence-electron chi connectivity index (χ4n) is 0.634. The quantitative estimate of drug-likeness (QED) is 0.267. The molecule has 20 heavy (non-hydrogen) atoms. The van der Waals surface area contributed by atoms with Gasteiger partial charge in [-0.15, -0.1) is 0 Å². The predicted octanol–water partition coefficient (Wildman–Crippen LogP) is 2.19. The van der Waals surface area contributed by atoms with Crippen molar-refractivity contribution in [1.82, 2.24) is 0 Å². The Morgan fingerprint density at radius 3 is 1.55 bits per heavy atom. The molecule has 0 rings (SSSR count). The Bertz CT molecular complexity index is 192. The Balaban J connectivity index is 3.13. The van der Waals surface area contributed by atoms with E-state index in [0.717, 1.165) is 25.7 Å². The highest BCUT2D eigenvalue weighted by Gasteiger charge is 2.09. The number of rotatable bonds is 14. The van der Waals surface area contributed by atoms with Gasteiger partial charge < -0.3 is 0 Å². The molecule has 0 aliphatic rings. The van der Waals surface area contributed by atoms with Crippen LogP contribution in [0.1, 0.15) is 39.5 Å². The Morgan fingerprint density at radius 2 is 1.15 bits per heavy atom. The van der Waals surface area contributed by atoms with E-state index in [4.69, 9.17) is 0 Å². The van der Waals surface area contributed by atoms with E-state index in [-0.39, 0.29) is 13.2 Å². The van der Waals surface area contributed by atoms with Gasteiger partial charge in [-0.3, -0.25) is 0 Å². The first kappa shape index (κ1) is 18.9. The minimum Gasteiger partial charge on any atom is -0.224 e. The minimum atomic E-state index is -1.46. The largest absolute Gasteiger partial charge is 0.577 e. The summed E-state index contributed by atoms with van der Waals surface area (Å²) in [5.74, 6) is 0. The third-order valence-electron chi connectivity index (χ3n) is 1.57. The molecule has 0 aliphatic carbocycles. The van der Waals surface area contributed by atoms with Crippen molar-refractivity contribution < 1.29 is 54.6 Å². The van der Waals surface area contributed by atoms with Gasteiger partial charge in [-0.25, -0.2) is 19.6 Å². The molecule has 0 bridgehead atoms. The summed E-state index contributed by atoms with van der Waals surface area (Å²) >= 11 is 0. The molecule has 0 aromatic heterocycles. The summed E-state index contributed by atoms with van der Waals surface area (Å²) in [4.78, 5) is 27.1. The van der Waals surface area contributed by atoms with Crippen molar-refractivity contribution in [3.05, 3.63) is 0 Å². The Labute approximate surface area is 114 Å². The van der Waals surface area contributed by atoms with Crippen molar-refractivity contribution in [2.24, 2.45) is 0 Å². The van der Waals surface area contributed by atoms with Gasteiger partial charge in [0.05, 0.1) is 13.2 Å². The standard InChI is InChI=1S/C9H18O11/c1-3-5-7-11-15-19-17-13-9(10)14-18-20-16-12-8-6-4-2/h3-8H2,1-2H3. The molecule has 0 amide bonds. The summed E-state index contributed by atoms with van der Waals surface area (Å²) in [6.07, 6.45) is 1.89. The summed E-state index contributed by atoms with van der Waals surface area (Å²) < 4.78 is 0. The molecule has 0 unspecified atom stereocenters. The summed E-state index contributed by atoms with van der Waals surface area (Å²) in [6.45, 7) is 4.49. The van der Waals surface area contributed by atoms with Crippen LogP contribution in [0.4, 0.5) is 4.79 Å². The monoisotopic (exact) mass is 302 g/mol. The highest BCUT2D eigenvalue weighted by molar-refractivity contribution is 5.57. The summed E-state index contributed by atoms with van der Waals surface area (Å²) in [7, 11) is 0. The maximum absolute atomic E-state index is 10.7. The second-order valence-electron chi connectivity index (χ2n) is 3.18. The average Bonchev–Trinajstić information content (AvgIpc) is 2.45. The third-order valence-corrected chi connectivity index (χ3v) is 1.57. The lowest BCUT2D eigenvalue weighted by molar-refractivity contribution is -0.715. The maximum Gasteiger partial charge on any atom is 0.577 e. The van der Waals surface area contributed by atoms with Crippen LogP contribution in [0.2, 0.25) is 0 Å². The maximum atomic E-state index is 10.7. The molecule has 0 saturated heterocycles. The highest BCUT2D eigenvalue weighted by Crippen LogP contribution is 1.95. The van der Waals surface area contributed by atoms with Crippen LogP contribution in [-0.4, -0.2) is 19.4 Å². The van der Waals surface area contributed by atoms with Crippen molar-refractivity contribution in [2.45, 2.75) is 39.5 Å². The van der Waals surface area contributed by atoms with E-state index in [1.54, 1.807) is 0 Å². The van der Waals surface area contributed by atoms with Gasteiger partial charge in [0, 0.05) is 20.2 Å². The highest BCUT2D eigenvalue weighted by atomic mass is 17.8. The van der Waals surface area contributed by atoms with Crippen LogP contribution in [0.15, 0.2) is 0 Å². The first-order chi connectivity index (χ1) is 9.81. The molecule has 0 heterocycles. The van der Waals surface area contributed by atoms with Crippen LogP contribution in [-0.2, 0) is 49.8 Å². The Morgan fingerprint density at radius 1 is 0.700 bits per heavy atom. The molecular weight excluding hydrogens is 284 g/mol. The Hall–Kier alpha value is -1.05. The SMILES string of the molecule is CCCCOOOOOC(=O)OOOOOCCCC. The number of carbonyl (C=O) groups excluding carboxylic acids is 1. The van der Waals surface area contributed by atoms with Gasteiger partial charge in [0.15, 0.2) is 0 Å². The molecule has 0 aromatic carbocycles. The van der Waals surface area contributed by atoms with E-state index in [1.807, 2.05) is 13.8 Å². The van der Waals surface area contributed by atoms with Gasteiger partial charge >= 0.3 is 6.16 Å². The fraction of sp³-hybridized carbons (Fsp3) is 0.889. The van der Waals surface area contributed by atoms with Crippen molar-refractivity contribution >= 4 is 6.16 Å². The second kappa shape index (κ2) is 16.0. The molecule has 0 spiro atoms. The number of carbonyl (C=O) groups is 1. The van der Waals surface area contributed by atoms with E-state index >= 15 is 0 Å². The van der Waals surface area contributed by atoms with E-state index in [1.165, 1.54) is 0 Å². The van der Waals surface area contributed by atoms with Gasteiger partial charge in [0.2, 0.25) is 0 Å². The number of unbranched alkanes of at least 4 members (excludes halogenated alkanes) is 2.